The van der Waals surface area contributed by atoms with E-state index >= 15 is 0 Å². The molecule has 1 aromatic heterocycles. The fourth-order valence-electron chi connectivity index (χ4n) is 2.93. The molecule has 0 fully saturated rings. The Balaban J connectivity index is -0.000000471. The first-order valence-electron chi connectivity index (χ1n) is 12.9. The normalized spacial score (nSPS) is 11.7. The van der Waals surface area contributed by atoms with Gasteiger partial charge in [-0.05, 0) is 56.7 Å². The number of nitrogens with zero attached hydrogens (tertiary/aromatic N) is 2. The maximum Gasteiger partial charge on any atom is 1.00 e. The standard InChI is InChI=1S/C12H17N2.C8H9O.C5H9NO3.C5H11N.2Li/c1-2-3-6-11-8-7-10-5-4-9-13-12(10)14-11;1-2-9-8-6-4-3-5-7-8;1-2-4(5(8)9)6-3-7;1-4-6(3)5-2;;/h7-8H,1-6,9H2,(H,13,14);3-7H,1-2H2;4-5,8-9H,1-2H2,(H,6,7);1-2,4-5H2,3H3;;/q2*-1;2*-2;2*+1/t;;4-;;;/m..0.../s1. The molecule has 0 aliphatic carbocycles. The second-order valence-corrected chi connectivity index (χ2v) is 8.32. The van der Waals surface area contributed by atoms with E-state index in [9.17, 15) is 4.79 Å². The maximum atomic E-state index is 9.59. The largest absolute Gasteiger partial charge is 1.00 e. The van der Waals surface area contributed by atoms with Gasteiger partial charge in [-0.15, -0.1) is 13.1 Å². The molecule has 1 amide bonds. The zero-order valence-corrected chi connectivity index (χ0v) is 24.9. The molecule has 3 rings (SSSR count). The summed E-state index contributed by atoms with van der Waals surface area (Å²) < 4.78 is 5.09. The number of hydrogen-bond donors (Lipinski definition) is 4. The molecule has 10 heteroatoms. The molecule has 216 valence electrons. The number of aryl methyl sites for hydroxylation is 2. The van der Waals surface area contributed by atoms with E-state index in [1.54, 1.807) is 0 Å². The summed E-state index contributed by atoms with van der Waals surface area (Å²) in [7, 11) is 1.99. The van der Waals surface area contributed by atoms with Gasteiger partial charge in [0.05, 0.1) is 0 Å². The Morgan fingerprint density at radius 3 is 2.17 bits per heavy atom. The van der Waals surface area contributed by atoms with Crippen LogP contribution in [-0.4, -0.2) is 72.1 Å². The summed E-state index contributed by atoms with van der Waals surface area (Å²) in [6, 6.07) is 13.3. The second kappa shape index (κ2) is 29.0. The number of aliphatic hydroxyl groups excluding tert-OH is 1. The number of unbranched alkanes of at least 4 members (excludes halogenated alkanes) is 1. The van der Waals surface area contributed by atoms with Crippen molar-refractivity contribution in [3.05, 3.63) is 88.3 Å². The average molecular weight is 541 g/mol. The van der Waals surface area contributed by atoms with Gasteiger partial charge in [-0.2, -0.15) is 19.3 Å². The molecule has 0 saturated heterocycles. The summed E-state index contributed by atoms with van der Waals surface area (Å²) >= 11 is 0. The molecule has 4 N–H and O–H groups in total. The molecule has 0 bridgehead atoms. The number of aromatic nitrogens is 1. The van der Waals surface area contributed by atoms with Crippen molar-refractivity contribution in [1.29, 1.82) is 0 Å². The van der Waals surface area contributed by atoms with Crippen LogP contribution in [0, 0.1) is 34.6 Å². The van der Waals surface area contributed by atoms with Crippen LogP contribution >= 0.6 is 0 Å². The van der Waals surface area contributed by atoms with Gasteiger partial charge in [0.2, 0.25) is 0 Å². The molecule has 1 atom stereocenters. The summed E-state index contributed by atoms with van der Waals surface area (Å²) in [6.07, 6.45) is 5.59. The van der Waals surface area contributed by atoms with Crippen LogP contribution in [0.1, 0.15) is 36.9 Å². The van der Waals surface area contributed by atoms with E-state index in [2.05, 4.69) is 62.4 Å². The van der Waals surface area contributed by atoms with Crippen LogP contribution in [0.25, 0.3) is 0 Å². The molecule has 0 spiro atoms. The van der Waals surface area contributed by atoms with Crippen LogP contribution in [0.3, 0.4) is 0 Å². The summed E-state index contributed by atoms with van der Waals surface area (Å²) in [5, 5.41) is 22.3. The first kappa shape index (κ1) is 43.0. The monoisotopic (exact) mass is 540 g/mol. The van der Waals surface area contributed by atoms with E-state index < -0.39 is 12.3 Å². The number of anilines is 1. The summed E-state index contributed by atoms with van der Waals surface area (Å²) in [4.78, 5) is 16.2. The quantitative estimate of drug-likeness (QED) is 0.109. The van der Waals surface area contributed by atoms with E-state index in [1.807, 2.05) is 42.3 Å². The molecule has 2 heterocycles. The summed E-state index contributed by atoms with van der Waals surface area (Å²) in [5.74, 6) is 1.99. The Morgan fingerprint density at radius 1 is 1.07 bits per heavy atom. The topological polar surface area (TPSA) is 107 Å². The van der Waals surface area contributed by atoms with Crippen molar-refractivity contribution in [3.8, 4) is 5.75 Å². The number of nitrogens with one attached hydrogen (secondary N) is 2. The zero-order valence-electron chi connectivity index (χ0n) is 24.9. The molecule has 1 aliphatic heterocycles. The van der Waals surface area contributed by atoms with Gasteiger partial charge in [0.15, 0.2) is 6.29 Å². The average Bonchev–Trinajstić information content (AvgIpc) is 2.95. The second-order valence-electron chi connectivity index (χ2n) is 8.32. The minimum Gasteiger partial charge on any atom is -0.525 e. The van der Waals surface area contributed by atoms with Crippen LogP contribution in [0.2, 0.25) is 0 Å². The molecule has 1 aromatic carbocycles. The maximum absolute atomic E-state index is 9.59. The molecular formula is C30H46Li2N4O4-4. The van der Waals surface area contributed by atoms with Crippen molar-refractivity contribution in [1.82, 2.24) is 15.2 Å². The minimum atomic E-state index is -1.55. The number of amides is 1. The minimum absolute atomic E-state index is 0. The third-order valence-corrected chi connectivity index (χ3v) is 5.33. The number of aliphatic hydroxyl groups is 2. The van der Waals surface area contributed by atoms with E-state index in [4.69, 9.17) is 14.9 Å². The molecule has 40 heavy (non-hydrogen) atoms. The van der Waals surface area contributed by atoms with Gasteiger partial charge in [0.25, 0.3) is 0 Å². The molecule has 0 saturated carbocycles. The van der Waals surface area contributed by atoms with Crippen LogP contribution in [-0.2, 0) is 17.6 Å². The number of pyridine rings is 1. The summed E-state index contributed by atoms with van der Waals surface area (Å²) in [5.41, 5.74) is 2.57. The van der Waals surface area contributed by atoms with Gasteiger partial charge in [-0.3, -0.25) is 0 Å². The number of fused-ring (bicyclic) bond motifs is 1. The Labute approximate surface area is 267 Å². The number of benzene rings is 1. The van der Waals surface area contributed by atoms with Crippen LogP contribution < -0.4 is 53.1 Å². The van der Waals surface area contributed by atoms with Gasteiger partial charge >= 0.3 is 37.7 Å². The first-order valence-corrected chi connectivity index (χ1v) is 12.9. The summed E-state index contributed by atoms with van der Waals surface area (Å²) in [6.45, 7) is 21.3. The molecule has 8 nitrogen and oxygen atoms in total. The van der Waals surface area contributed by atoms with Crippen LogP contribution in [0.5, 0.6) is 5.75 Å². The predicted octanol–water partition coefficient (Wildman–Crippen LogP) is -2.36. The van der Waals surface area contributed by atoms with Crippen molar-refractivity contribution in [3.63, 3.8) is 0 Å². The van der Waals surface area contributed by atoms with Crippen molar-refractivity contribution in [2.24, 2.45) is 0 Å². The fraction of sp³-hybridized carbons (Fsp3) is 0.433. The van der Waals surface area contributed by atoms with E-state index in [-0.39, 0.29) is 44.1 Å². The van der Waals surface area contributed by atoms with Gasteiger partial charge in [0, 0.05) is 18.3 Å². The number of hydrogen-bond acceptors (Lipinski definition) is 7. The van der Waals surface area contributed by atoms with E-state index in [1.165, 1.54) is 30.5 Å². The molecule has 0 unspecified atom stereocenters. The Kier molecular flexibility index (Phi) is 31.2. The third-order valence-electron chi connectivity index (χ3n) is 5.33. The smallest absolute Gasteiger partial charge is 0.525 e. The van der Waals surface area contributed by atoms with Crippen molar-refractivity contribution in [2.75, 3.05) is 38.6 Å². The van der Waals surface area contributed by atoms with Gasteiger partial charge < -0.3 is 69.9 Å². The number of carbonyl (C=O) groups excluding carboxylic acids is 1. The number of ether oxygens (including phenoxy) is 1. The van der Waals surface area contributed by atoms with Crippen molar-refractivity contribution < 1.29 is 57.5 Å². The van der Waals surface area contributed by atoms with Crippen molar-refractivity contribution in [2.45, 2.75) is 50.9 Å². The van der Waals surface area contributed by atoms with Gasteiger partial charge in [-0.1, -0.05) is 30.7 Å². The SMILES string of the molecule is [CH2-]CCCc1ccc2c(n1)NCCC2.[CH2-]CN(C)C[CH2-].[CH2-]COc1ccccc1.[CH2-]C[C@H](N[C-]=O)C(O)O.[Li+].[Li+]. The zero-order chi connectivity index (χ0) is 28.6. The van der Waals surface area contributed by atoms with Crippen LogP contribution in [0.15, 0.2) is 42.5 Å². The number of para-hydroxylation sites is 1. The fourth-order valence-corrected chi connectivity index (χ4v) is 2.93. The Bertz CT molecular complexity index is 829. The van der Waals surface area contributed by atoms with Crippen molar-refractivity contribution >= 4 is 12.2 Å². The molecule has 0 radical (unpaired) electrons. The predicted molar refractivity (Wildman–Crippen MR) is 156 cm³/mol. The van der Waals surface area contributed by atoms with Gasteiger partial charge in [0.1, 0.15) is 11.6 Å². The third kappa shape index (κ3) is 21.3. The molecule has 2 aromatic rings. The number of rotatable bonds is 11. The van der Waals surface area contributed by atoms with E-state index in [0.29, 0.717) is 6.61 Å². The van der Waals surface area contributed by atoms with Crippen LogP contribution in [0.4, 0.5) is 5.82 Å². The van der Waals surface area contributed by atoms with E-state index in [0.717, 1.165) is 50.5 Å². The first-order chi connectivity index (χ1) is 18.4. The molecule has 1 aliphatic rings. The Hall–Kier alpha value is -1.49. The Morgan fingerprint density at radius 2 is 1.73 bits per heavy atom. The van der Waals surface area contributed by atoms with Gasteiger partial charge in [-0.25, -0.2) is 4.98 Å². The molecular weight excluding hydrogens is 494 g/mol.